The van der Waals surface area contributed by atoms with Crippen LogP contribution in [0.25, 0.3) is 10.8 Å². The quantitative estimate of drug-likeness (QED) is 0.839. The van der Waals surface area contributed by atoms with E-state index in [2.05, 4.69) is 11.1 Å². The molecule has 1 fully saturated rings. The van der Waals surface area contributed by atoms with Crippen LogP contribution in [0.1, 0.15) is 43.6 Å². The standard InChI is InChI=1S/C17H19NO2/c19-17(20)15-9-3-1-2-8-14(15)16-11-18-10-12-6-4-5-7-13(12)16/h4-7,10-11,14-15H,1-3,8-9H2,(H,19,20). The number of rotatable bonds is 2. The Bertz CT molecular complexity index is 618. The third kappa shape index (κ3) is 2.40. The Morgan fingerprint density at radius 3 is 2.75 bits per heavy atom. The van der Waals surface area contributed by atoms with Crippen molar-refractivity contribution >= 4 is 16.7 Å². The highest BCUT2D eigenvalue weighted by atomic mass is 16.4. The molecule has 1 aliphatic carbocycles. The van der Waals surface area contributed by atoms with Gasteiger partial charge in [-0.3, -0.25) is 9.78 Å². The zero-order valence-corrected chi connectivity index (χ0v) is 11.5. The SMILES string of the molecule is O=C(O)C1CCCCCC1c1cncc2ccccc12. The topological polar surface area (TPSA) is 50.2 Å². The Hall–Kier alpha value is -1.90. The Morgan fingerprint density at radius 2 is 1.90 bits per heavy atom. The first kappa shape index (κ1) is 13.1. The van der Waals surface area contributed by atoms with E-state index in [1.165, 1.54) is 0 Å². The van der Waals surface area contributed by atoms with Crippen molar-refractivity contribution in [1.82, 2.24) is 4.98 Å². The molecule has 3 heteroatoms. The van der Waals surface area contributed by atoms with E-state index in [4.69, 9.17) is 0 Å². The smallest absolute Gasteiger partial charge is 0.307 e. The first-order chi connectivity index (χ1) is 9.77. The van der Waals surface area contributed by atoms with Crippen LogP contribution in [0.3, 0.4) is 0 Å². The number of carboxylic acid groups (broad SMARTS) is 1. The van der Waals surface area contributed by atoms with Gasteiger partial charge in [0.05, 0.1) is 5.92 Å². The van der Waals surface area contributed by atoms with E-state index in [1.54, 1.807) is 0 Å². The number of carbonyl (C=O) groups is 1. The monoisotopic (exact) mass is 269 g/mol. The molecule has 2 aromatic rings. The van der Waals surface area contributed by atoms with E-state index in [0.29, 0.717) is 0 Å². The second-order valence-electron chi connectivity index (χ2n) is 5.64. The molecule has 2 unspecified atom stereocenters. The van der Waals surface area contributed by atoms with Gasteiger partial charge in [0.25, 0.3) is 0 Å². The lowest BCUT2D eigenvalue weighted by atomic mass is 9.81. The number of aliphatic carboxylic acids is 1. The van der Waals surface area contributed by atoms with E-state index in [-0.39, 0.29) is 11.8 Å². The highest BCUT2D eigenvalue weighted by Gasteiger charge is 2.31. The minimum atomic E-state index is -0.662. The molecule has 3 nitrogen and oxygen atoms in total. The number of hydrogen-bond donors (Lipinski definition) is 1. The van der Waals surface area contributed by atoms with Crippen molar-refractivity contribution < 1.29 is 9.90 Å². The summed E-state index contributed by atoms with van der Waals surface area (Å²) >= 11 is 0. The van der Waals surface area contributed by atoms with Gasteiger partial charge in [-0.05, 0) is 29.7 Å². The van der Waals surface area contributed by atoms with Crippen LogP contribution in [0.4, 0.5) is 0 Å². The predicted octanol–water partition coefficient (Wildman–Crippen LogP) is 3.98. The number of benzene rings is 1. The summed E-state index contributed by atoms with van der Waals surface area (Å²) in [5.74, 6) is -0.844. The summed E-state index contributed by atoms with van der Waals surface area (Å²) in [5.41, 5.74) is 1.11. The van der Waals surface area contributed by atoms with Gasteiger partial charge in [-0.25, -0.2) is 0 Å². The second kappa shape index (κ2) is 5.61. The summed E-state index contributed by atoms with van der Waals surface area (Å²) in [4.78, 5) is 15.9. The molecule has 3 rings (SSSR count). The molecule has 1 aromatic heterocycles. The van der Waals surface area contributed by atoms with E-state index < -0.39 is 5.97 Å². The number of nitrogens with zero attached hydrogens (tertiary/aromatic N) is 1. The molecule has 1 saturated carbocycles. The molecule has 1 N–H and O–H groups in total. The van der Waals surface area contributed by atoms with Gasteiger partial charge in [0.1, 0.15) is 0 Å². The van der Waals surface area contributed by atoms with Gasteiger partial charge in [0.15, 0.2) is 0 Å². The van der Waals surface area contributed by atoms with E-state index >= 15 is 0 Å². The Kier molecular flexibility index (Phi) is 3.68. The lowest BCUT2D eigenvalue weighted by molar-refractivity contribution is -0.142. The molecular formula is C17H19NO2. The molecule has 1 aromatic carbocycles. The van der Waals surface area contributed by atoms with E-state index in [0.717, 1.165) is 48.4 Å². The molecule has 104 valence electrons. The Labute approximate surface area is 118 Å². The molecular weight excluding hydrogens is 250 g/mol. The van der Waals surface area contributed by atoms with Crippen LogP contribution in [0.15, 0.2) is 36.7 Å². The lowest BCUT2D eigenvalue weighted by Crippen LogP contribution is -2.21. The summed E-state index contributed by atoms with van der Waals surface area (Å²) in [6.07, 6.45) is 8.72. The fraction of sp³-hybridized carbons (Fsp3) is 0.412. The van der Waals surface area contributed by atoms with Crippen molar-refractivity contribution in [2.24, 2.45) is 5.92 Å². The second-order valence-corrected chi connectivity index (χ2v) is 5.64. The van der Waals surface area contributed by atoms with E-state index in [9.17, 15) is 9.90 Å². The van der Waals surface area contributed by atoms with Crippen molar-refractivity contribution in [3.63, 3.8) is 0 Å². The number of pyridine rings is 1. The van der Waals surface area contributed by atoms with Crippen molar-refractivity contribution in [2.45, 2.75) is 38.0 Å². The number of aromatic nitrogens is 1. The van der Waals surface area contributed by atoms with E-state index in [1.807, 2.05) is 30.6 Å². The molecule has 1 heterocycles. The number of hydrogen-bond acceptors (Lipinski definition) is 2. The minimum Gasteiger partial charge on any atom is -0.481 e. The largest absolute Gasteiger partial charge is 0.481 e. The molecule has 0 bridgehead atoms. The zero-order valence-electron chi connectivity index (χ0n) is 11.5. The highest BCUT2D eigenvalue weighted by Crippen LogP contribution is 2.39. The maximum absolute atomic E-state index is 11.6. The molecule has 0 amide bonds. The molecule has 0 radical (unpaired) electrons. The van der Waals surface area contributed by atoms with Gasteiger partial charge in [-0.2, -0.15) is 0 Å². The van der Waals surface area contributed by atoms with Gasteiger partial charge >= 0.3 is 5.97 Å². The maximum atomic E-state index is 11.6. The van der Waals surface area contributed by atoms with Crippen molar-refractivity contribution in [2.75, 3.05) is 0 Å². The van der Waals surface area contributed by atoms with Gasteiger partial charge < -0.3 is 5.11 Å². The van der Waals surface area contributed by atoms with Crippen LogP contribution in [0.2, 0.25) is 0 Å². The molecule has 0 saturated heterocycles. The summed E-state index contributed by atoms with van der Waals surface area (Å²) < 4.78 is 0. The Morgan fingerprint density at radius 1 is 1.10 bits per heavy atom. The maximum Gasteiger partial charge on any atom is 0.307 e. The number of fused-ring (bicyclic) bond motifs is 1. The van der Waals surface area contributed by atoms with Crippen molar-refractivity contribution in [1.29, 1.82) is 0 Å². The summed E-state index contributed by atoms with van der Waals surface area (Å²) in [7, 11) is 0. The third-order valence-electron chi connectivity index (χ3n) is 4.43. The van der Waals surface area contributed by atoms with Crippen molar-refractivity contribution in [3.8, 4) is 0 Å². The zero-order chi connectivity index (χ0) is 13.9. The highest BCUT2D eigenvalue weighted by molar-refractivity contribution is 5.86. The fourth-order valence-electron chi connectivity index (χ4n) is 3.41. The molecule has 1 aliphatic rings. The number of carboxylic acids is 1. The summed E-state index contributed by atoms with van der Waals surface area (Å²) in [5, 5.41) is 11.8. The minimum absolute atomic E-state index is 0.0913. The molecule has 0 spiro atoms. The fourth-order valence-corrected chi connectivity index (χ4v) is 3.41. The summed E-state index contributed by atoms with van der Waals surface area (Å²) in [6.45, 7) is 0. The van der Waals surface area contributed by atoms with Gasteiger partial charge in [-0.15, -0.1) is 0 Å². The first-order valence-corrected chi connectivity index (χ1v) is 7.33. The molecule has 2 atom stereocenters. The van der Waals surface area contributed by atoms with Crippen LogP contribution in [0, 0.1) is 5.92 Å². The third-order valence-corrected chi connectivity index (χ3v) is 4.43. The lowest BCUT2D eigenvalue weighted by Gasteiger charge is -2.23. The normalized spacial score (nSPS) is 23.4. The average Bonchev–Trinajstić information content (AvgIpc) is 2.72. The van der Waals surface area contributed by atoms with Crippen LogP contribution in [-0.2, 0) is 4.79 Å². The van der Waals surface area contributed by atoms with Crippen molar-refractivity contribution in [3.05, 3.63) is 42.2 Å². The average molecular weight is 269 g/mol. The van der Waals surface area contributed by atoms with Crippen LogP contribution in [-0.4, -0.2) is 16.1 Å². The Balaban J connectivity index is 2.09. The van der Waals surface area contributed by atoms with Crippen LogP contribution >= 0.6 is 0 Å². The van der Waals surface area contributed by atoms with Gasteiger partial charge in [-0.1, -0.05) is 43.5 Å². The van der Waals surface area contributed by atoms with Gasteiger partial charge in [0, 0.05) is 17.8 Å². The molecule has 20 heavy (non-hydrogen) atoms. The van der Waals surface area contributed by atoms with Crippen LogP contribution in [0.5, 0.6) is 0 Å². The van der Waals surface area contributed by atoms with Crippen LogP contribution < -0.4 is 0 Å². The summed E-state index contributed by atoms with van der Waals surface area (Å²) in [6, 6.07) is 8.13. The molecule has 0 aliphatic heterocycles. The predicted molar refractivity (Wildman–Crippen MR) is 78.7 cm³/mol. The first-order valence-electron chi connectivity index (χ1n) is 7.33. The van der Waals surface area contributed by atoms with Gasteiger partial charge in [0.2, 0.25) is 0 Å².